The Kier molecular flexibility index (Phi) is 12.0. The van der Waals surface area contributed by atoms with E-state index in [0.29, 0.717) is 37.8 Å². The van der Waals surface area contributed by atoms with Gasteiger partial charge in [0, 0.05) is 19.5 Å². The van der Waals surface area contributed by atoms with Gasteiger partial charge < -0.3 is 42.9 Å². The van der Waals surface area contributed by atoms with Gasteiger partial charge in [-0.15, -0.1) is 0 Å². The van der Waals surface area contributed by atoms with Crippen LogP contribution < -0.4 is 27.8 Å². The Balaban J connectivity index is 2.18. The lowest BCUT2D eigenvalue weighted by atomic mass is 10.0. The molecule has 0 aliphatic carbocycles. The average Bonchev–Trinajstić information content (AvgIpc) is 3.35. The molecule has 0 spiro atoms. The van der Waals surface area contributed by atoms with E-state index in [9.17, 15) is 29.4 Å². The van der Waals surface area contributed by atoms with Crippen molar-refractivity contribution in [1.29, 1.82) is 0 Å². The first-order valence-corrected chi connectivity index (χ1v) is 13.1. The highest BCUT2D eigenvalue weighted by Gasteiger charge is 2.38. The lowest BCUT2D eigenvalue weighted by Crippen LogP contribution is -2.57. The summed E-state index contributed by atoms with van der Waals surface area (Å²) in [6, 6.07) is 2.20. The van der Waals surface area contributed by atoms with Crippen LogP contribution >= 0.6 is 0 Å². The summed E-state index contributed by atoms with van der Waals surface area (Å²) in [5.41, 5.74) is 17.3. The third kappa shape index (κ3) is 10.1. The van der Waals surface area contributed by atoms with Crippen molar-refractivity contribution < 1.29 is 29.4 Å². The Bertz CT molecular complexity index is 1030. The maximum Gasteiger partial charge on any atom is 0.326 e. The second-order valence-electron chi connectivity index (χ2n) is 10.2. The quantitative estimate of drug-likeness (QED) is 0.0895. The lowest BCUT2D eigenvalue weighted by Gasteiger charge is -2.29. The second-order valence-corrected chi connectivity index (χ2v) is 10.2. The van der Waals surface area contributed by atoms with Crippen LogP contribution in [-0.4, -0.2) is 82.0 Å². The highest BCUT2D eigenvalue weighted by Crippen LogP contribution is 2.20. The van der Waals surface area contributed by atoms with Crippen LogP contribution in [0.5, 0.6) is 5.75 Å². The number of likely N-dealkylation sites (tertiary alicyclic amines) is 1. The van der Waals surface area contributed by atoms with Crippen molar-refractivity contribution in [3.63, 3.8) is 0 Å². The van der Waals surface area contributed by atoms with Crippen molar-refractivity contribution in [1.82, 2.24) is 15.5 Å². The largest absolute Gasteiger partial charge is 0.508 e. The Morgan fingerprint density at radius 3 is 2.36 bits per heavy atom. The van der Waals surface area contributed by atoms with E-state index in [-0.39, 0.29) is 42.9 Å². The summed E-state index contributed by atoms with van der Waals surface area (Å²) < 4.78 is 0. The van der Waals surface area contributed by atoms with Crippen molar-refractivity contribution in [2.45, 2.75) is 76.5 Å². The standard InChI is InChI=1S/C26H41N7O6/c1-15(2)13-18(27)24(37)33-12-4-6-21(33)23(36)32-20(14-16-7-9-17(34)10-8-16)22(35)31-19(25(38)39)5-3-11-30-26(28)29/h7-10,15,18-21,34H,3-6,11-14,27H2,1-2H3,(H,31,35)(H,32,36)(H,38,39)(H4,28,29,30). The third-order valence-electron chi connectivity index (χ3n) is 6.45. The molecule has 4 atom stereocenters. The van der Waals surface area contributed by atoms with Crippen molar-refractivity contribution >= 4 is 29.7 Å². The van der Waals surface area contributed by atoms with E-state index in [1.54, 1.807) is 12.1 Å². The van der Waals surface area contributed by atoms with Crippen molar-refractivity contribution in [2.75, 3.05) is 13.1 Å². The number of hydrogen-bond acceptors (Lipinski definition) is 7. The summed E-state index contributed by atoms with van der Waals surface area (Å²) in [7, 11) is 0. The van der Waals surface area contributed by atoms with E-state index in [2.05, 4.69) is 15.6 Å². The Labute approximate surface area is 228 Å². The number of rotatable bonds is 14. The zero-order valence-corrected chi connectivity index (χ0v) is 22.5. The number of phenols is 1. The minimum absolute atomic E-state index is 0.0335. The molecule has 1 saturated heterocycles. The lowest BCUT2D eigenvalue weighted by molar-refractivity contribution is -0.143. The van der Waals surface area contributed by atoms with E-state index in [1.165, 1.54) is 17.0 Å². The van der Waals surface area contributed by atoms with Crippen LogP contribution in [0.1, 0.15) is 51.5 Å². The molecule has 4 unspecified atom stereocenters. The molecule has 1 aromatic carbocycles. The molecule has 0 aromatic heterocycles. The van der Waals surface area contributed by atoms with Gasteiger partial charge >= 0.3 is 5.97 Å². The van der Waals surface area contributed by atoms with E-state index in [0.717, 1.165) is 0 Å². The molecule has 2 rings (SSSR count). The summed E-state index contributed by atoms with van der Waals surface area (Å²) in [5.74, 6) is -2.64. The molecule has 39 heavy (non-hydrogen) atoms. The Morgan fingerprint density at radius 1 is 1.10 bits per heavy atom. The first-order valence-electron chi connectivity index (χ1n) is 13.1. The number of guanidine groups is 1. The number of amides is 3. The molecule has 13 nitrogen and oxygen atoms in total. The summed E-state index contributed by atoms with van der Waals surface area (Å²) in [6.45, 7) is 4.49. The number of carboxylic acids is 1. The predicted molar refractivity (Wildman–Crippen MR) is 145 cm³/mol. The van der Waals surface area contributed by atoms with Crippen LogP contribution in [0.2, 0.25) is 0 Å². The van der Waals surface area contributed by atoms with Crippen molar-refractivity contribution in [3.05, 3.63) is 29.8 Å². The van der Waals surface area contributed by atoms with E-state index >= 15 is 0 Å². The van der Waals surface area contributed by atoms with E-state index in [4.69, 9.17) is 17.2 Å². The SMILES string of the molecule is CC(C)CC(N)C(=O)N1CCCC1C(=O)NC(Cc1ccc(O)cc1)C(=O)NC(CCCN=C(N)N)C(=O)O. The number of aromatic hydroxyl groups is 1. The fourth-order valence-electron chi connectivity index (χ4n) is 4.50. The van der Waals surface area contributed by atoms with E-state index < -0.39 is 42.0 Å². The molecule has 1 aromatic rings. The van der Waals surface area contributed by atoms with Crippen molar-refractivity contribution in [2.24, 2.45) is 28.1 Å². The molecule has 1 fully saturated rings. The van der Waals surface area contributed by atoms with Gasteiger partial charge in [0.2, 0.25) is 17.7 Å². The number of phenolic OH excluding ortho intramolecular Hbond substituents is 1. The molecule has 216 valence electrons. The fourth-order valence-corrected chi connectivity index (χ4v) is 4.50. The second kappa shape index (κ2) is 14.9. The van der Waals surface area contributed by atoms with Gasteiger partial charge in [-0.3, -0.25) is 19.4 Å². The van der Waals surface area contributed by atoms with Crippen LogP contribution in [0, 0.1) is 5.92 Å². The predicted octanol–water partition coefficient (Wildman–Crippen LogP) is -0.593. The molecule has 1 heterocycles. The molecule has 1 aliphatic heterocycles. The van der Waals surface area contributed by atoms with Crippen LogP contribution in [0.15, 0.2) is 29.3 Å². The smallest absolute Gasteiger partial charge is 0.326 e. The summed E-state index contributed by atoms with van der Waals surface area (Å²) in [6.07, 6.45) is 1.92. The number of benzene rings is 1. The molecule has 0 radical (unpaired) electrons. The van der Waals surface area contributed by atoms with Crippen LogP contribution in [-0.2, 0) is 25.6 Å². The third-order valence-corrected chi connectivity index (χ3v) is 6.45. The number of nitrogens with zero attached hydrogens (tertiary/aromatic N) is 2. The first-order chi connectivity index (χ1) is 18.4. The van der Waals surface area contributed by atoms with E-state index in [1.807, 2.05) is 13.8 Å². The highest BCUT2D eigenvalue weighted by molar-refractivity contribution is 5.94. The topological polar surface area (TPSA) is 226 Å². The summed E-state index contributed by atoms with van der Waals surface area (Å²) in [5, 5.41) is 24.4. The van der Waals surface area contributed by atoms with Gasteiger partial charge in [-0.05, 0) is 55.7 Å². The van der Waals surface area contributed by atoms with Crippen LogP contribution in [0.4, 0.5) is 0 Å². The van der Waals surface area contributed by atoms with Crippen molar-refractivity contribution in [3.8, 4) is 5.75 Å². The number of carboxylic acid groups (broad SMARTS) is 1. The minimum Gasteiger partial charge on any atom is -0.508 e. The number of carbonyl (C=O) groups is 4. The number of aliphatic imine (C=N–C) groups is 1. The normalized spacial score (nSPS) is 17.2. The average molecular weight is 548 g/mol. The van der Waals surface area contributed by atoms with Crippen LogP contribution in [0.3, 0.4) is 0 Å². The fraction of sp³-hybridized carbons (Fsp3) is 0.577. The molecule has 0 bridgehead atoms. The number of hydrogen-bond donors (Lipinski definition) is 7. The molecular formula is C26H41N7O6. The van der Waals surface area contributed by atoms with Gasteiger partial charge in [0.05, 0.1) is 6.04 Å². The number of aliphatic carboxylic acids is 1. The van der Waals surface area contributed by atoms with Gasteiger partial charge in [0.1, 0.15) is 23.9 Å². The molecule has 1 aliphatic rings. The van der Waals surface area contributed by atoms with Gasteiger partial charge in [0.25, 0.3) is 0 Å². The van der Waals surface area contributed by atoms with Gasteiger partial charge in [-0.25, -0.2) is 4.79 Å². The Hall–Kier alpha value is -3.87. The highest BCUT2D eigenvalue weighted by atomic mass is 16.4. The number of carbonyl (C=O) groups excluding carboxylic acids is 3. The first kappa shape index (κ1) is 31.3. The summed E-state index contributed by atoms with van der Waals surface area (Å²) in [4.78, 5) is 56.6. The molecule has 10 N–H and O–H groups in total. The van der Waals surface area contributed by atoms with Gasteiger partial charge in [-0.2, -0.15) is 0 Å². The zero-order valence-electron chi connectivity index (χ0n) is 22.5. The monoisotopic (exact) mass is 547 g/mol. The zero-order chi connectivity index (χ0) is 29.1. The Morgan fingerprint density at radius 2 is 1.77 bits per heavy atom. The molecular weight excluding hydrogens is 506 g/mol. The van der Waals surface area contributed by atoms with Gasteiger partial charge in [0.15, 0.2) is 5.96 Å². The number of nitrogens with two attached hydrogens (primary N) is 3. The summed E-state index contributed by atoms with van der Waals surface area (Å²) >= 11 is 0. The maximum absolute atomic E-state index is 13.3. The minimum atomic E-state index is -1.24. The molecule has 13 heteroatoms. The van der Waals surface area contributed by atoms with Gasteiger partial charge in [-0.1, -0.05) is 26.0 Å². The molecule has 0 saturated carbocycles. The number of nitrogens with one attached hydrogen (secondary N) is 2. The maximum atomic E-state index is 13.3. The molecule has 3 amide bonds. The van der Waals surface area contributed by atoms with Crippen LogP contribution in [0.25, 0.3) is 0 Å².